The fourth-order valence-electron chi connectivity index (χ4n) is 3.80. The van der Waals surface area contributed by atoms with Gasteiger partial charge in [-0.3, -0.25) is 19.1 Å². The van der Waals surface area contributed by atoms with Crippen LogP contribution in [0.15, 0.2) is 71.5 Å². The normalized spacial score (nSPS) is 11.5. The third-order valence-corrected chi connectivity index (χ3v) is 6.52. The summed E-state index contributed by atoms with van der Waals surface area (Å²) in [4.78, 5) is 40.7. The highest BCUT2D eigenvalue weighted by molar-refractivity contribution is 7.23. The number of carbonyl (C=O) groups is 2. The maximum atomic E-state index is 13.7. The summed E-state index contributed by atoms with van der Waals surface area (Å²) in [5.74, 6) is -0.290. The van der Waals surface area contributed by atoms with Crippen LogP contribution in [0.4, 0.5) is 9.80 Å². The number of thiophene rings is 1. The molecule has 0 aliphatic heterocycles. The Morgan fingerprint density at radius 3 is 2.15 bits per heavy atom. The quantitative estimate of drug-likeness (QED) is 0.386. The second kappa shape index (κ2) is 8.33. The van der Waals surface area contributed by atoms with Crippen LogP contribution in [0.2, 0.25) is 0 Å². The molecule has 4 aromatic rings. The molecule has 168 valence electrons. The van der Waals surface area contributed by atoms with Crippen molar-refractivity contribution in [3.8, 4) is 5.69 Å². The third-order valence-electron chi connectivity index (χ3n) is 5.34. The first kappa shape index (κ1) is 22.5. The summed E-state index contributed by atoms with van der Waals surface area (Å²) in [7, 11) is 0. The van der Waals surface area contributed by atoms with Gasteiger partial charge in [-0.15, -0.1) is 0 Å². The van der Waals surface area contributed by atoms with E-state index in [1.54, 1.807) is 51.1 Å². The molecule has 2 aromatic heterocycles. The van der Waals surface area contributed by atoms with Crippen LogP contribution in [-0.4, -0.2) is 27.1 Å². The number of hydrogen-bond acceptors (Lipinski definition) is 4. The number of benzene rings is 2. The minimum absolute atomic E-state index is 0.254. The Labute approximate surface area is 195 Å². The van der Waals surface area contributed by atoms with Gasteiger partial charge in [0.1, 0.15) is 9.83 Å². The Morgan fingerprint density at radius 2 is 1.58 bits per heavy atom. The highest BCUT2D eigenvalue weighted by Crippen LogP contribution is 2.42. The number of aryl methyl sites for hydroxylation is 1. The van der Waals surface area contributed by atoms with Gasteiger partial charge in [0, 0.05) is 22.6 Å². The van der Waals surface area contributed by atoms with E-state index in [1.807, 2.05) is 37.3 Å². The third kappa shape index (κ3) is 4.07. The zero-order valence-electron chi connectivity index (χ0n) is 18.8. The number of rotatable bonds is 4. The lowest BCUT2D eigenvalue weighted by atomic mass is 10.0. The zero-order chi connectivity index (χ0) is 23.9. The lowest BCUT2D eigenvalue weighted by Crippen LogP contribution is -2.45. The van der Waals surface area contributed by atoms with Gasteiger partial charge < -0.3 is 5.11 Å². The maximum absolute atomic E-state index is 13.7. The molecule has 0 aliphatic rings. The number of nitrogens with zero attached hydrogens (tertiary/aromatic N) is 2. The Bertz CT molecular complexity index is 1410. The van der Waals surface area contributed by atoms with Gasteiger partial charge in [0.25, 0.3) is 5.56 Å². The van der Waals surface area contributed by atoms with Crippen molar-refractivity contribution in [2.45, 2.75) is 33.2 Å². The molecule has 6 nitrogen and oxygen atoms in total. The van der Waals surface area contributed by atoms with Crippen LogP contribution in [0.3, 0.4) is 0 Å². The van der Waals surface area contributed by atoms with E-state index in [0.717, 1.165) is 16.9 Å². The highest BCUT2D eigenvalue weighted by atomic mass is 32.1. The van der Waals surface area contributed by atoms with Crippen molar-refractivity contribution in [1.29, 1.82) is 0 Å². The molecule has 0 atom stereocenters. The van der Waals surface area contributed by atoms with E-state index < -0.39 is 11.6 Å². The van der Waals surface area contributed by atoms with Crippen molar-refractivity contribution >= 4 is 38.4 Å². The first-order valence-corrected chi connectivity index (χ1v) is 11.3. The number of fused-ring (bicyclic) bond motifs is 1. The fraction of sp³-hybridized carbons (Fsp3) is 0.192. The molecule has 0 saturated carbocycles. The van der Waals surface area contributed by atoms with Gasteiger partial charge in [-0.05, 0) is 45.9 Å². The molecule has 0 unspecified atom stereocenters. The van der Waals surface area contributed by atoms with Gasteiger partial charge in [-0.25, -0.2) is 4.79 Å². The largest absolute Gasteiger partial charge is 0.465 e. The highest BCUT2D eigenvalue weighted by Gasteiger charge is 2.35. The second-order valence-electron chi connectivity index (χ2n) is 8.83. The lowest BCUT2D eigenvalue weighted by molar-refractivity contribution is 0.104. The van der Waals surface area contributed by atoms with Crippen LogP contribution in [0, 0.1) is 6.92 Å². The molecular formula is C26H24N2O4S. The summed E-state index contributed by atoms with van der Waals surface area (Å²) < 4.78 is 1.54. The topological polar surface area (TPSA) is 79.6 Å². The molecule has 0 bridgehead atoms. The molecule has 2 aromatic carbocycles. The van der Waals surface area contributed by atoms with Gasteiger partial charge >= 0.3 is 6.09 Å². The van der Waals surface area contributed by atoms with Gasteiger partial charge in [0.2, 0.25) is 0 Å². The van der Waals surface area contributed by atoms with Gasteiger partial charge in [-0.2, -0.15) is 0 Å². The Kier molecular flexibility index (Phi) is 5.68. The first-order valence-electron chi connectivity index (χ1n) is 10.5. The van der Waals surface area contributed by atoms with Crippen molar-refractivity contribution in [2.24, 2.45) is 0 Å². The molecule has 1 N–H and O–H groups in total. The molecule has 33 heavy (non-hydrogen) atoms. The van der Waals surface area contributed by atoms with Crippen molar-refractivity contribution < 1.29 is 14.7 Å². The summed E-state index contributed by atoms with van der Waals surface area (Å²) in [6.07, 6.45) is -1.17. The zero-order valence-corrected chi connectivity index (χ0v) is 19.6. The fourth-order valence-corrected chi connectivity index (χ4v) is 5.30. The molecule has 1 amide bonds. The van der Waals surface area contributed by atoms with Crippen molar-refractivity contribution in [3.05, 3.63) is 93.8 Å². The minimum Gasteiger partial charge on any atom is -0.465 e. The molecule has 0 fully saturated rings. The van der Waals surface area contributed by atoms with Crippen LogP contribution in [0.5, 0.6) is 0 Å². The molecule has 4 rings (SSSR count). The van der Waals surface area contributed by atoms with Gasteiger partial charge in [0.05, 0.1) is 11.3 Å². The molecule has 0 radical (unpaired) electrons. The summed E-state index contributed by atoms with van der Waals surface area (Å²) in [5.41, 5.74) is 1.37. The van der Waals surface area contributed by atoms with E-state index >= 15 is 0 Å². The number of hydrogen-bond donors (Lipinski definition) is 1. The van der Waals surface area contributed by atoms with Crippen LogP contribution >= 0.6 is 11.3 Å². The number of ketones is 1. The van der Waals surface area contributed by atoms with Crippen LogP contribution in [0.1, 0.15) is 42.3 Å². The smallest absolute Gasteiger partial charge is 0.412 e. The molecular weight excluding hydrogens is 436 g/mol. The first-order chi connectivity index (χ1) is 15.6. The standard InChI is InChI=1S/C26H24N2O4S/c1-16-10-12-18(13-11-16)27-20(29)15-14-19-21(22(30)17-8-6-5-7-9-17)24(33-23(19)27)28(25(31)32)26(2,3)4/h5-15H,1-4H3,(H,31,32). The SMILES string of the molecule is Cc1ccc(-n2c(=O)ccc3c(C(=O)c4ccccc4)c(N(C(=O)O)C(C)(C)C)sc32)cc1. The molecule has 0 aliphatic carbocycles. The molecule has 7 heteroatoms. The van der Waals surface area contributed by atoms with E-state index in [2.05, 4.69) is 0 Å². The van der Waals surface area contributed by atoms with E-state index in [4.69, 9.17) is 0 Å². The van der Waals surface area contributed by atoms with Crippen molar-refractivity contribution in [1.82, 2.24) is 4.57 Å². The Balaban J connectivity index is 2.10. The summed E-state index contributed by atoms with van der Waals surface area (Å²) in [6, 6.07) is 19.3. The second-order valence-corrected chi connectivity index (χ2v) is 9.81. The number of anilines is 1. The summed E-state index contributed by atoms with van der Waals surface area (Å²) >= 11 is 1.14. The van der Waals surface area contributed by atoms with Crippen molar-refractivity contribution in [3.63, 3.8) is 0 Å². The van der Waals surface area contributed by atoms with Crippen LogP contribution < -0.4 is 10.5 Å². The van der Waals surface area contributed by atoms with Crippen molar-refractivity contribution in [2.75, 3.05) is 4.90 Å². The molecule has 0 saturated heterocycles. The van der Waals surface area contributed by atoms with E-state index in [-0.39, 0.29) is 16.9 Å². The predicted molar refractivity (Wildman–Crippen MR) is 132 cm³/mol. The van der Waals surface area contributed by atoms with E-state index in [0.29, 0.717) is 26.5 Å². The molecule has 0 spiro atoms. The van der Waals surface area contributed by atoms with E-state index in [9.17, 15) is 19.5 Å². The van der Waals surface area contributed by atoms with Crippen LogP contribution in [-0.2, 0) is 0 Å². The van der Waals surface area contributed by atoms with E-state index in [1.165, 1.54) is 15.5 Å². The van der Waals surface area contributed by atoms with Gasteiger partial charge in [-0.1, -0.05) is 59.4 Å². The number of carboxylic acid groups (broad SMARTS) is 1. The monoisotopic (exact) mass is 460 g/mol. The van der Waals surface area contributed by atoms with Gasteiger partial charge in [0.15, 0.2) is 5.78 Å². The van der Waals surface area contributed by atoms with Crippen LogP contribution in [0.25, 0.3) is 15.9 Å². The Hall–Kier alpha value is -3.71. The number of pyridine rings is 1. The maximum Gasteiger partial charge on any atom is 0.412 e. The lowest BCUT2D eigenvalue weighted by Gasteiger charge is -2.32. The number of carbonyl (C=O) groups excluding carboxylic acids is 1. The Morgan fingerprint density at radius 1 is 0.939 bits per heavy atom. The number of amides is 1. The number of aromatic nitrogens is 1. The average Bonchev–Trinajstić information content (AvgIpc) is 3.11. The summed E-state index contributed by atoms with van der Waals surface area (Å²) in [5, 5.41) is 10.9. The molecule has 2 heterocycles. The summed E-state index contributed by atoms with van der Waals surface area (Å²) in [6.45, 7) is 7.28. The minimum atomic E-state index is -1.17. The average molecular weight is 461 g/mol. The predicted octanol–water partition coefficient (Wildman–Crippen LogP) is 5.87.